The molecule has 1 aliphatic rings. The first-order valence-electron chi connectivity index (χ1n) is 8.03. The summed E-state index contributed by atoms with van der Waals surface area (Å²) in [5.41, 5.74) is 1.17. The molecule has 124 valence electrons. The third-order valence-electron chi connectivity index (χ3n) is 3.91. The molecule has 3 rings (SSSR count). The van der Waals surface area contributed by atoms with Gasteiger partial charge in [0.25, 0.3) is 0 Å². The Morgan fingerprint density at radius 1 is 1.43 bits per heavy atom. The van der Waals surface area contributed by atoms with Crippen molar-refractivity contribution in [2.24, 2.45) is 4.99 Å². The molecule has 1 unspecified atom stereocenters. The van der Waals surface area contributed by atoms with Crippen LogP contribution in [0.1, 0.15) is 36.1 Å². The second-order valence-electron chi connectivity index (χ2n) is 5.86. The van der Waals surface area contributed by atoms with Crippen molar-refractivity contribution in [3.8, 4) is 0 Å². The van der Waals surface area contributed by atoms with Gasteiger partial charge in [0.1, 0.15) is 11.6 Å². The minimum absolute atomic E-state index is 0.156. The van der Waals surface area contributed by atoms with Crippen LogP contribution in [0.4, 0.5) is 0 Å². The zero-order valence-electron chi connectivity index (χ0n) is 14.0. The van der Waals surface area contributed by atoms with Gasteiger partial charge in [-0.05, 0) is 32.3 Å². The molecule has 0 fully saturated rings. The Morgan fingerprint density at radius 3 is 3.04 bits per heavy atom. The van der Waals surface area contributed by atoms with Crippen LogP contribution in [0, 0.1) is 13.8 Å². The molecule has 0 saturated carbocycles. The minimum atomic E-state index is 0.156. The second kappa shape index (κ2) is 6.80. The lowest BCUT2D eigenvalue weighted by Gasteiger charge is -2.25. The average molecular weight is 316 g/mol. The van der Waals surface area contributed by atoms with Crippen LogP contribution < -0.4 is 10.6 Å². The highest BCUT2D eigenvalue weighted by Gasteiger charge is 2.24. The summed E-state index contributed by atoms with van der Waals surface area (Å²) >= 11 is 0. The predicted molar refractivity (Wildman–Crippen MR) is 88.2 cm³/mol. The van der Waals surface area contributed by atoms with E-state index in [2.05, 4.69) is 30.8 Å². The third kappa shape index (κ3) is 3.69. The standard InChI is InChI=1S/C15H24N8/c1-11-9-18-22(10-11)8-6-17-15(16-3)20-13-5-4-7-23-14(13)19-12(2)21-23/h9-10,13H,4-8H2,1-3H3,(H2,16,17,20). The first-order valence-corrected chi connectivity index (χ1v) is 8.03. The number of rotatable bonds is 4. The molecule has 3 heterocycles. The Labute approximate surface area is 136 Å². The molecule has 23 heavy (non-hydrogen) atoms. The maximum atomic E-state index is 4.54. The lowest BCUT2D eigenvalue weighted by Crippen LogP contribution is -2.42. The Morgan fingerprint density at radius 2 is 2.30 bits per heavy atom. The molecular weight excluding hydrogens is 292 g/mol. The topological polar surface area (TPSA) is 85.0 Å². The van der Waals surface area contributed by atoms with Crippen molar-refractivity contribution < 1.29 is 0 Å². The molecule has 8 nitrogen and oxygen atoms in total. The molecule has 0 aliphatic carbocycles. The molecule has 8 heteroatoms. The fourth-order valence-electron chi connectivity index (χ4n) is 2.84. The van der Waals surface area contributed by atoms with Crippen molar-refractivity contribution in [3.63, 3.8) is 0 Å². The molecule has 0 saturated heterocycles. The molecule has 0 amide bonds. The number of hydrogen-bond donors (Lipinski definition) is 2. The van der Waals surface area contributed by atoms with Crippen LogP contribution >= 0.6 is 0 Å². The highest BCUT2D eigenvalue weighted by molar-refractivity contribution is 5.80. The molecule has 0 spiro atoms. The molecule has 0 aromatic carbocycles. The van der Waals surface area contributed by atoms with E-state index in [1.54, 1.807) is 7.05 Å². The van der Waals surface area contributed by atoms with Crippen molar-refractivity contribution in [2.75, 3.05) is 13.6 Å². The molecular formula is C15H24N8. The summed E-state index contributed by atoms with van der Waals surface area (Å²) in [6.07, 6.45) is 6.03. The lowest BCUT2D eigenvalue weighted by atomic mass is 10.1. The van der Waals surface area contributed by atoms with Crippen molar-refractivity contribution in [3.05, 3.63) is 29.6 Å². The summed E-state index contributed by atoms with van der Waals surface area (Å²) in [5, 5.41) is 15.5. The number of nitrogens with one attached hydrogen (secondary N) is 2. The predicted octanol–water partition coefficient (Wildman–Crippen LogP) is 0.792. The van der Waals surface area contributed by atoms with Crippen LogP contribution in [0.3, 0.4) is 0 Å². The van der Waals surface area contributed by atoms with Crippen molar-refractivity contribution in [1.82, 2.24) is 35.2 Å². The highest BCUT2D eigenvalue weighted by atomic mass is 15.4. The van der Waals surface area contributed by atoms with E-state index >= 15 is 0 Å². The summed E-state index contributed by atoms with van der Waals surface area (Å²) < 4.78 is 3.92. The first-order chi connectivity index (χ1) is 11.2. The summed E-state index contributed by atoms with van der Waals surface area (Å²) in [6.45, 7) is 6.48. The van der Waals surface area contributed by atoms with Gasteiger partial charge in [0.05, 0.1) is 18.8 Å². The summed E-state index contributed by atoms with van der Waals surface area (Å²) in [7, 11) is 1.78. The molecule has 2 N–H and O–H groups in total. The molecule has 1 atom stereocenters. The number of guanidine groups is 1. The van der Waals surface area contributed by atoms with Crippen LogP contribution in [-0.2, 0) is 13.1 Å². The van der Waals surface area contributed by atoms with E-state index in [9.17, 15) is 0 Å². The van der Waals surface area contributed by atoms with E-state index in [4.69, 9.17) is 0 Å². The highest BCUT2D eigenvalue weighted by Crippen LogP contribution is 2.22. The SMILES string of the molecule is CN=C(NCCn1cc(C)cn1)NC1CCCn2nc(C)nc21. The number of aromatic nitrogens is 5. The van der Waals surface area contributed by atoms with E-state index in [1.807, 2.05) is 35.6 Å². The second-order valence-corrected chi connectivity index (χ2v) is 5.86. The maximum absolute atomic E-state index is 4.54. The van der Waals surface area contributed by atoms with Gasteiger partial charge in [0.2, 0.25) is 0 Å². The monoisotopic (exact) mass is 316 g/mol. The average Bonchev–Trinajstić information content (AvgIpc) is 3.11. The van der Waals surface area contributed by atoms with Gasteiger partial charge in [0, 0.05) is 26.3 Å². The van der Waals surface area contributed by atoms with Crippen LogP contribution in [0.5, 0.6) is 0 Å². The minimum Gasteiger partial charge on any atom is -0.355 e. The van der Waals surface area contributed by atoms with E-state index in [0.717, 1.165) is 50.1 Å². The van der Waals surface area contributed by atoms with Gasteiger partial charge in [-0.15, -0.1) is 0 Å². The number of nitrogens with zero attached hydrogens (tertiary/aromatic N) is 6. The Balaban J connectivity index is 1.55. The Hall–Kier alpha value is -2.38. The van der Waals surface area contributed by atoms with Crippen molar-refractivity contribution in [2.45, 2.75) is 45.8 Å². The Kier molecular flexibility index (Phi) is 4.59. The number of aryl methyl sites for hydroxylation is 3. The van der Waals surface area contributed by atoms with Gasteiger partial charge >= 0.3 is 0 Å². The largest absolute Gasteiger partial charge is 0.355 e. The smallest absolute Gasteiger partial charge is 0.191 e. The quantitative estimate of drug-likeness (QED) is 0.643. The lowest BCUT2D eigenvalue weighted by molar-refractivity contribution is 0.397. The zero-order chi connectivity index (χ0) is 16.2. The fraction of sp³-hybridized carbons (Fsp3) is 0.600. The summed E-state index contributed by atoms with van der Waals surface area (Å²) in [5.74, 6) is 2.61. The number of fused-ring (bicyclic) bond motifs is 1. The van der Waals surface area contributed by atoms with Crippen LogP contribution in [0.2, 0.25) is 0 Å². The van der Waals surface area contributed by atoms with Crippen LogP contribution in [-0.4, -0.2) is 44.1 Å². The number of aliphatic imine (C=N–C) groups is 1. The van der Waals surface area contributed by atoms with Crippen LogP contribution in [0.25, 0.3) is 0 Å². The zero-order valence-corrected chi connectivity index (χ0v) is 14.0. The molecule has 2 aromatic rings. The molecule has 0 radical (unpaired) electrons. The first kappa shape index (κ1) is 15.5. The molecule has 2 aromatic heterocycles. The van der Waals surface area contributed by atoms with Crippen molar-refractivity contribution >= 4 is 5.96 Å². The van der Waals surface area contributed by atoms with Gasteiger partial charge in [0.15, 0.2) is 5.96 Å². The van der Waals surface area contributed by atoms with Crippen LogP contribution in [0.15, 0.2) is 17.4 Å². The van der Waals surface area contributed by atoms with E-state index in [1.165, 1.54) is 5.56 Å². The summed E-state index contributed by atoms with van der Waals surface area (Å²) in [6, 6.07) is 0.156. The third-order valence-corrected chi connectivity index (χ3v) is 3.91. The van der Waals surface area contributed by atoms with E-state index in [-0.39, 0.29) is 6.04 Å². The van der Waals surface area contributed by atoms with Gasteiger partial charge in [-0.3, -0.25) is 9.67 Å². The number of hydrogen-bond acceptors (Lipinski definition) is 4. The van der Waals surface area contributed by atoms with Gasteiger partial charge in [-0.1, -0.05) is 0 Å². The summed E-state index contributed by atoms with van der Waals surface area (Å²) in [4.78, 5) is 8.85. The molecule has 0 bridgehead atoms. The fourth-order valence-corrected chi connectivity index (χ4v) is 2.84. The van der Waals surface area contributed by atoms with E-state index in [0.29, 0.717) is 0 Å². The van der Waals surface area contributed by atoms with E-state index < -0.39 is 0 Å². The normalized spacial score (nSPS) is 17.9. The Bertz CT molecular complexity index is 683. The molecule has 1 aliphatic heterocycles. The van der Waals surface area contributed by atoms with Gasteiger partial charge in [-0.25, -0.2) is 9.67 Å². The maximum Gasteiger partial charge on any atom is 0.191 e. The van der Waals surface area contributed by atoms with Gasteiger partial charge in [-0.2, -0.15) is 10.2 Å². The van der Waals surface area contributed by atoms with Gasteiger partial charge < -0.3 is 10.6 Å². The van der Waals surface area contributed by atoms with Crippen molar-refractivity contribution in [1.29, 1.82) is 0 Å².